The number of hydrogen-bond donors (Lipinski definition) is 2. The van der Waals surface area contributed by atoms with Crippen molar-refractivity contribution in [2.24, 2.45) is 5.92 Å². The fourth-order valence-electron chi connectivity index (χ4n) is 2.60. The van der Waals surface area contributed by atoms with E-state index in [1.807, 2.05) is 18.2 Å². The molecule has 6 heteroatoms. The molecule has 3 heterocycles. The average Bonchev–Trinajstić information content (AvgIpc) is 3.22. The third-order valence-electron chi connectivity index (χ3n) is 3.73. The Bertz CT molecular complexity index is 852. The lowest BCUT2D eigenvalue weighted by Crippen LogP contribution is -2.15. The summed E-state index contributed by atoms with van der Waals surface area (Å²) in [7, 11) is 0. The standard InChI is InChI=1S/C17H12N3O2S/c21-11-3-4-12-13(8-19-14(12)6-11)16(22)15-9-23-17(20-15)10-2-1-5-18-7-10/h1-9,12,19,21H/q-1. The number of pyridine rings is 1. The number of thiazole rings is 1. The van der Waals surface area contributed by atoms with E-state index in [0.29, 0.717) is 11.3 Å². The van der Waals surface area contributed by atoms with Gasteiger partial charge in [-0.2, -0.15) is 6.08 Å². The van der Waals surface area contributed by atoms with E-state index in [-0.39, 0.29) is 17.8 Å². The van der Waals surface area contributed by atoms with Gasteiger partial charge in [-0.15, -0.1) is 18.2 Å². The zero-order valence-corrected chi connectivity index (χ0v) is 12.7. The minimum atomic E-state index is -0.151. The molecule has 0 saturated heterocycles. The number of ketones is 1. The monoisotopic (exact) mass is 322 g/mol. The van der Waals surface area contributed by atoms with Gasteiger partial charge in [-0.1, -0.05) is 11.8 Å². The molecule has 0 fully saturated rings. The molecule has 1 aliphatic carbocycles. The van der Waals surface area contributed by atoms with E-state index >= 15 is 0 Å². The number of carbonyl (C=O) groups is 1. The Labute approximate surface area is 136 Å². The first-order valence-electron chi connectivity index (χ1n) is 7.05. The fraction of sp³-hybridized carbons (Fsp3) is 0.0588. The summed E-state index contributed by atoms with van der Waals surface area (Å²) in [4.78, 5) is 21.2. The summed E-state index contributed by atoms with van der Waals surface area (Å²) in [5.74, 6) is -0.259. The number of allylic oxidation sites excluding steroid dienone is 1. The van der Waals surface area contributed by atoms with Crippen LogP contribution < -0.4 is 5.32 Å². The molecular formula is C17H12N3O2S-. The molecule has 0 radical (unpaired) electrons. The SMILES string of the molecule is O=C(C1=CNC2=C[C-](O)C=CC21)c1c[s+][c-](-c2cccnc2)n1. The number of aliphatic hydroxyl groups is 1. The van der Waals surface area contributed by atoms with Gasteiger partial charge in [0.2, 0.25) is 0 Å². The predicted molar refractivity (Wildman–Crippen MR) is 86.8 cm³/mol. The quantitative estimate of drug-likeness (QED) is 0.516. The van der Waals surface area contributed by atoms with Crippen molar-refractivity contribution < 1.29 is 9.90 Å². The van der Waals surface area contributed by atoms with Crippen molar-refractivity contribution in [2.45, 2.75) is 0 Å². The van der Waals surface area contributed by atoms with E-state index in [4.69, 9.17) is 0 Å². The summed E-state index contributed by atoms with van der Waals surface area (Å²) >= 11 is 1.42. The molecule has 0 amide bonds. The third-order valence-corrected chi connectivity index (χ3v) is 4.63. The second kappa shape index (κ2) is 5.49. The van der Waals surface area contributed by atoms with Crippen molar-refractivity contribution in [3.05, 3.63) is 77.4 Å². The molecular weight excluding hydrogens is 310 g/mol. The molecule has 1 unspecified atom stereocenters. The maximum absolute atomic E-state index is 12.7. The van der Waals surface area contributed by atoms with Gasteiger partial charge in [0, 0.05) is 6.20 Å². The molecule has 0 saturated carbocycles. The van der Waals surface area contributed by atoms with Crippen molar-refractivity contribution in [2.75, 3.05) is 0 Å². The first-order valence-corrected chi connectivity index (χ1v) is 7.93. The number of aromatic nitrogens is 2. The van der Waals surface area contributed by atoms with E-state index in [0.717, 1.165) is 16.3 Å². The Kier molecular flexibility index (Phi) is 3.33. The minimum Gasteiger partial charge on any atom is -0.422 e. The topological polar surface area (TPSA) is 75.1 Å². The molecule has 2 aromatic heterocycles. The smallest absolute Gasteiger partial charge is 0.250 e. The summed E-state index contributed by atoms with van der Waals surface area (Å²) in [5, 5.41) is 15.1. The van der Waals surface area contributed by atoms with Gasteiger partial charge < -0.3 is 15.4 Å². The second-order valence-corrected chi connectivity index (χ2v) is 6.07. The van der Waals surface area contributed by atoms with Gasteiger partial charge in [0.15, 0.2) is 17.1 Å². The highest BCUT2D eigenvalue weighted by atomic mass is 32.1. The van der Waals surface area contributed by atoms with Gasteiger partial charge in [-0.05, 0) is 35.6 Å². The summed E-state index contributed by atoms with van der Waals surface area (Å²) in [5.41, 5.74) is 2.75. The average molecular weight is 322 g/mol. The molecule has 1 aliphatic heterocycles. The second-order valence-electron chi connectivity index (χ2n) is 5.21. The normalized spacial score (nSPS) is 19.0. The maximum Gasteiger partial charge on any atom is 0.250 e. The fourth-order valence-corrected chi connectivity index (χ4v) is 3.39. The van der Waals surface area contributed by atoms with Crippen LogP contribution in [0.25, 0.3) is 10.6 Å². The summed E-state index contributed by atoms with van der Waals surface area (Å²) in [6.07, 6.45) is 10.3. The van der Waals surface area contributed by atoms with Crippen LogP contribution in [0.1, 0.15) is 10.5 Å². The first-order chi connectivity index (χ1) is 11.2. The number of hydrogen-bond acceptors (Lipinski definition) is 5. The van der Waals surface area contributed by atoms with Crippen molar-refractivity contribution in [1.29, 1.82) is 0 Å². The molecule has 0 bridgehead atoms. The number of rotatable bonds is 3. The molecule has 0 spiro atoms. The number of fused-ring (bicyclic) bond motifs is 1. The zero-order valence-electron chi connectivity index (χ0n) is 11.9. The van der Waals surface area contributed by atoms with Crippen LogP contribution in [0.3, 0.4) is 0 Å². The lowest BCUT2D eigenvalue weighted by molar-refractivity contribution is 0.102. The Morgan fingerprint density at radius 2 is 2.35 bits per heavy atom. The Balaban J connectivity index is 1.60. The van der Waals surface area contributed by atoms with Crippen LogP contribution in [-0.4, -0.2) is 20.9 Å². The largest absolute Gasteiger partial charge is 0.422 e. The van der Waals surface area contributed by atoms with Crippen LogP contribution in [0, 0.1) is 12.0 Å². The zero-order chi connectivity index (χ0) is 15.8. The third kappa shape index (κ3) is 2.48. The van der Waals surface area contributed by atoms with Crippen LogP contribution in [0.4, 0.5) is 0 Å². The van der Waals surface area contributed by atoms with Crippen LogP contribution in [-0.2, 0) is 0 Å². The van der Waals surface area contributed by atoms with Gasteiger partial charge in [0.05, 0.1) is 5.69 Å². The summed E-state index contributed by atoms with van der Waals surface area (Å²) < 4.78 is 0. The molecule has 2 N–H and O–H groups in total. The highest BCUT2D eigenvalue weighted by Gasteiger charge is 2.26. The predicted octanol–water partition coefficient (Wildman–Crippen LogP) is 2.85. The molecule has 114 valence electrons. The maximum atomic E-state index is 12.7. The van der Waals surface area contributed by atoms with E-state index in [1.54, 1.807) is 36.1 Å². The van der Waals surface area contributed by atoms with Crippen molar-refractivity contribution in [1.82, 2.24) is 15.3 Å². The molecule has 1 atom stereocenters. The number of carbonyl (C=O) groups excluding carboxylic acids is 1. The van der Waals surface area contributed by atoms with Crippen molar-refractivity contribution in [3.8, 4) is 10.6 Å². The van der Waals surface area contributed by atoms with E-state index in [1.165, 1.54) is 11.3 Å². The van der Waals surface area contributed by atoms with E-state index in [9.17, 15) is 9.90 Å². The molecule has 2 aliphatic rings. The summed E-state index contributed by atoms with van der Waals surface area (Å²) in [6.45, 7) is 0. The number of aliphatic hydroxyl groups excluding tert-OH is 1. The van der Waals surface area contributed by atoms with E-state index < -0.39 is 0 Å². The highest BCUT2D eigenvalue weighted by Crippen LogP contribution is 2.33. The van der Waals surface area contributed by atoms with Gasteiger partial charge in [-0.25, -0.2) is 0 Å². The number of Topliss-reactive ketones (excluding diaryl/α,β-unsaturated/α-hetero) is 1. The van der Waals surface area contributed by atoms with Crippen LogP contribution in [0.15, 0.2) is 65.6 Å². The van der Waals surface area contributed by atoms with Gasteiger partial charge >= 0.3 is 0 Å². The molecule has 0 aromatic carbocycles. The molecule has 5 nitrogen and oxygen atoms in total. The summed E-state index contributed by atoms with van der Waals surface area (Å²) in [6, 6.07) is 3.76. The van der Waals surface area contributed by atoms with Crippen LogP contribution in [0.5, 0.6) is 0 Å². The molecule has 23 heavy (non-hydrogen) atoms. The van der Waals surface area contributed by atoms with Gasteiger partial charge in [-0.3, -0.25) is 9.78 Å². The van der Waals surface area contributed by atoms with Gasteiger partial charge in [0.1, 0.15) is 5.38 Å². The Morgan fingerprint density at radius 3 is 3.17 bits per heavy atom. The highest BCUT2D eigenvalue weighted by molar-refractivity contribution is 7.13. The van der Waals surface area contributed by atoms with Crippen molar-refractivity contribution >= 4 is 17.1 Å². The molecule has 2 aromatic rings. The Hall–Kier alpha value is -2.70. The van der Waals surface area contributed by atoms with Crippen molar-refractivity contribution in [3.63, 3.8) is 0 Å². The number of nitrogens with zero attached hydrogens (tertiary/aromatic N) is 2. The lowest BCUT2D eigenvalue weighted by Gasteiger charge is -2.25. The van der Waals surface area contributed by atoms with E-state index in [2.05, 4.69) is 15.3 Å². The minimum absolute atomic E-state index is 0.108. The lowest BCUT2D eigenvalue weighted by atomic mass is 9.90. The number of nitrogens with one attached hydrogen (secondary N) is 1. The van der Waals surface area contributed by atoms with Gasteiger partial charge in [0.25, 0.3) is 5.01 Å². The van der Waals surface area contributed by atoms with Crippen LogP contribution >= 0.6 is 11.3 Å². The first kappa shape index (κ1) is 13.9. The molecule has 4 rings (SSSR count). The van der Waals surface area contributed by atoms with Crippen LogP contribution in [0.2, 0.25) is 0 Å². The Morgan fingerprint density at radius 1 is 1.43 bits per heavy atom.